The molecule has 2 heterocycles. The second-order valence-corrected chi connectivity index (χ2v) is 9.94. The lowest BCUT2D eigenvalue weighted by Gasteiger charge is -2.32. The number of H-pyrrole nitrogens is 1. The van der Waals surface area contributed by atoms with Crippen LogP contribution in [0.2, 0.25) is 0 Å². The molecular formula is C28H33FN6O. The van der Waals surface area contributed by atoms with Crippen molar-refractivity contribution in [2.75, 3.05) is 0 Å². The van der Waals surface area contributed by atoms with E-state index >= 15 is 0 Å². The van der Waals surface area contributed by atoms with Gasteiger partial charge in [0.2, 0.25) is 0 Å². The molecule has 188 valence electrons. The lowest BCUT2D eigenvalue weighted by atomic mass is 9.95. The summed E-state index contributed by atoms with van der Waals surface area (Å²) in [5, 5.41) is 13.9. The van der Waals surface area contributed by atoms with E-state index in [2.05, 4.69) is 38.4 Å². The van der Waals surface area contributed by atoms with Gasteiger partial charge in [-0.15, -0.1) is 5.10 Å². The van der Waals surface area contributed by atoms with Crippen LogP contribution < -0.4 is 5.56 Å². The normalized spacial score (nSPS) is 15.6. The molecule has 8 heteroatoms. The van der Waals surface area contributed by atoms with Crippen molar-refractivity contribution >= 4 is 10.9 Å². The molecule has 0 spiro atoms. The zero-order valence-corrected chi connectivity index (χ0v) is 21.0. The number of hydrogen-bond donors (Lipinski definition) is 1. The number of tetrazole rings is 1. The largest absolute Gasteiger partial charge is 0.322 e. The fourth-order valence-electron chi connectivity index (χ4n) is 5.42. The third kappa shape index (κ3) is 5.23. The van der Waals surface area contributed by atoms with Gasteiger partial charge in [0, 0.05) is 24.2 Å². The lowest BCUT2D eigenvalue weighted by Crippen LogP contribution is -2.33. The Labute approximate surface area is 210 Å². The van der Waals surface area contributed by atoms with Gasteiger partial charge in [0.05, 0.1) is 12.1 Å². The summed E-state index contributed by atoms with van der Waals surface area (Å²) in [7, 11) is 0. The molecule has 0 bridgehead atoms. The highest BCUT2D eigenvalue weighted by atomic mass is 19.1. The number of nitrogens with zero attached hydrogens (tertiary/aromatic N) is 5. The van der Waals surface area contributed by atoms with Crippen molar-refractivity contribution in [3.63, 3.8) is 0 Å². The second kappa shape index (κ2) is 10.7. The molecule has 7 nitrogen and oxygen atoms in total. The topological polar surface area (TPSA) is 79.7 Å². The minimum absolute atomic E-state index is 0.0976. The van der Waals surface area contributed by atoms with Gasteiger partial charge >= 0.3 is 0 Å². The fraction of sp³-hybridized carbons (Fsp3) is 0.429. The van der Waals surface area contributed by atoms with Gasteiger partial charge in [0.1, 0.15) is 5.82 Å². The van der Waals surface area contributed by atoms with Crippen molar-refractivity contribution in [2.24, 2.45) is 0 Å². The first kappa shape index (κ1) is 24.3. The fourth-order valence-corrected chi connectivity index (χ4v) is 5.42. The van der Waals surface area contributed by atoms with E-state index in [0.29, 0.717) is 24.7 Å². The van der Waals surface area contributed by atoms with Crippen LogP contribution in [0.1, 0.15) is 80.0 Å². The van der Waals surface area contributed by atoms with Crippen LogP contribution in [0, 0.1) is 12.7 Å². The number of aryl methyl sites for hydroxylation is 1. The quantitative estimate of drug-likeness (QED) is 0.348. The molecule has 0 unspecified atom stereocenters. The molecule has 0 amide bonds. The highest BCUT2D eigenvalue weighted by Gasteiger charge is 2.29. The van der Waals surface area contributed by atoms with E-state index in [4.69, 9.17) is 0 Å². The van der Waals surface area contributed by atoms with Gasteiger partial charge in [0.25, 0.3) is 5.56 Å². The number of benzene rings is 2. The average Bonchev–Trinajstić information content (AvgIpc) is 3.36. The summed E-state index contributed by atoms with van der Waals surface area (Å²) < 4.78 is 15.6. The molecule has 2 aromatic carbocycles. The summed E-state index contributed by atoms with van der Waals surface area (Å²) in [4.78, 5) is 18.4. The minimum Gasteiger partial charge on any atom is -0.322 e. The van der Waals surface area contributed by atoms with Gasteiger partial charge in [-0.25, -0.2) is 9.07 Å². The Kier molecular flexibility index (Phi) is 7.23. The summed E-state index contributed by atoms with van der Waals surface area (Å²) in [5.41, 5.74) is 3.52. The van der Waals surface area contributed by atoms with Crippen LogP contribution in [0.5, 0.6) is 0 Å². The van der Waals surface area contributed by atoms with Crippen LogP contribution in [-0.2, 0) is 13.1 Å². The highest BCUT2D eigenvalue weighted by Crippen LogP contribution is 2.32. The number of aromatic amines is 1. The van der Waals surface area contributed by atoms with Gasteiger partial charge in [-0.2, -0.15) is 0 Å². The molecule has 1 N–H and O–H groups in total. The maximum Gasteiger partial charge on any atom is 0.252 e. The average molecular weight is 489 g/mol. The lowest BCUT2D eigenvalue weighted by molar-refractivity contribution is 0.155. The summed E-state index contributed by atoms with van der Waals surface area (Å²) in [6.07, 6.45) is 6.56. The zero-order chi connectivity index (χ0) is 25.1. The van der Waals surface area contributed by atoms with Gasteiger partial charge in [-0.3, -0.25) is 9.69 Å². The number of halogens is 1. The Hall–Kier alpha value is -3.39. The van der Waals surface area contributed by atoms with Crippen molar-refractivity contribution in [2.45, 2.75) is 77.5 Å². The summed E-state index contributed by atoms with van der Waals surface area (Å²) >= 11 is 0. The van der Waals surface area contributed by atoms with Crippen molar-refractivity contribution < 1.29 is 4.39 Å². The second-order valence-electron chi connectivity index (χ2n) is 9.94. The molecular weight excluding hydrogens is 455 g/mol. The summed E-state index contributed by atoms with van der Waals surface area (Å²) in [6, 6.07) is 14.8. The standard InChI is InChI=1S/C28H33FN6O/c1-3-26(27-31-32-33-35(27)24-7-5-4-6-8-24)34(17-20-10-12-23(29)13-11-20)18-22-16-21-15-19(2)9-14-25(21)30-28(22)36/h9-16,24,26H,3-8,17-18H2,1-2H3,(H,30,36)/t26-/m1/s1. The first-order valence-electron chi connectivity index (χ1n) is 12.9. The number of aromatic nitrogens is 5. The monoisotopic (exact) mass is 488 g/mol. The first-order valence-corrected chi connectivity index (χ1v) is 12.9. The van der Waals surface area contributed by atoms with E-state index < -0.39 is 0 Å². The molecule has 1 atom stereocenters. The third-order valence-corrected chi connectivity index (χ3v) is 7.31. The van der Waals surface area contributed by atoms with E-state index in [9.17, 15) is 9.18 Å². The maximum atomic E-state index is 13.6. The van der Waals surface area contributed by atoms with Gasteiger partial charge in [-0.05, 0) is 77.9 Å². The zero-order valence-electron chi connectivity index (χ0n) is 21.0. The summed E-state index contributed by atoms with van der Waals surface area (Å²) in [5.74, 6) is 0.569. The predicted molar refractivity (Wildman–Crippen MR) is 138 cm³/mol. The number of fused-ring (bicyclic) bond motifs is 1. The van der Waals surface area contributed by atoms with Gasteiger partial charge in [0.15, 0.2) is 5.82 Å². The van der Waals surface area contributed by atoms with Crippen LogP contribution in [0.4, 0.5) is 4.39 Å². The Bertz CT molecular complexity index is 1370. The van der Waals surface area contributed by atoms with Crippen LogP contribution in [-0.4, -0.2) is 30.1 Å². The van der Waals surface area contributed by atoms with E-state index in [1.54, 1.807) is 12.1 Å². The SMILES string of the molecule is CC[C@H](c1nnnn1C1CCCCC1)N(Cc1ccc(F)cc1)Cc1cc2cc(C)ccc2[nH]c1=O. The minimum atomic E-state index is -0.264. The van der Waals surface area contributed by atoms with Crippen molar-refractivity contribution in [1.82, 2.24) is 30.1 Å². The molecule has 1 aliphatic carbocycles. The van der Waals surface area contributed by atoms with E-state index in [0.717, 1.165) is 47.1 Å². The maximum absolute atomic E-state index is 13.6. The van der Waals surface area contributed by atoms with Crippen LogP contribution >= 0.6 is 0 Å². The van der Waals surface area contributed by atoms with Crippen molar-refractivity contribution in [3.05, 3.63) is 87.2 Å². The van der Waals surface area contributed by atoms with E-state index in [1.165, 1.54) is 31.4 Å². The summed E-state index contributed by atoms with van der Waals surface area (Å²) in [6.45, 7) is 5.13. The molecule has 0 radical (unpaired) electrons. The van der Waals surface area contributed by atoms with Crippen LogP contribution in [0.25, 0.3) is 10.9 Å². The molecule has 4 aromatic rings. The number of hydrogen-bond acceptors (Lipinski definition) is 5. The Balaban J connectivity index is 1.53. The number of nitrogens with one attached hydrogen (secondary N) is 1. The third-order valence-electron chi connectivity index (χ3n) is 7.31. The molecule has 1 aliphatic rings. The molecule has 1 fully saturated rings. The number of pyridine rings is 1. The van der Waals surface area contributed by atoms with Crippen LogP contribution in [0.3, 0.4) is 0 Å². The first-order chi connectivity index (χ1) is 17.5. The molecule has 36 heavy (non-hydrogen) atoms. The van der Waals surface area contributed by atoms with Crippen molar-refractivity contribution in [1.29, 1.82) is 0 Å². The number of rotatable bonds is 8. The molecule has 1 saturated carbocycles. The van der Waals surface area contributed by atoms with Crippen molar-refractivity contribution in [3.8, 4) is 0 Å². The molecule has 0 aliphatic heterocycles. The molecule has 0 saturated heterocycles. The Morgan fingerprint density at radius 1 is 1.08 bits per heavy atom. The Morgan fingerprint density at radius 3 is 2.61 bits per heavy atom. The Morgan fingerprint density at radius 2 is 1.86 bits per heavy atom. The smallest absolute Gasteiger partial charge is 0.252 e. The van der Waals surface area contributed by atoms with Gasteiger partial charge in [-0.1, -0.05) is 49.9 Å². The van der Waals surface area contributed by atoms with Gasteiger partial charge < -0.3 is 4.98 Å². The molecule has 5 rings (SSSR count). The molecule has 2 aromatic heterocycles. The predicted octanol–water partition coefficient (Wildman–Crippen LogP) is 5.62. The van der Waals surface area contributed by atoms with E-state index in [1.807, 2.05) is 29.8 Å². The van der Waals surface area contributed by atoms with Crippen LogP contribution in [0.15, 0.2) is 53.3 Å². The van der Waals surface area contributed by atoms with E-state index in [-0.39, 0.29) is 17.4 Å². The highest BCUT2D eigenvalue weighted by molar-refractivity contribution is 5.79.